The first-order chi connectivity index (χ1) is 8.25. The van der Waals surface area contributed by atoms with Crippen molar-refractivity contribution in [2.24, 2.45) is 0 Å². The van der Waals surface area contributed by atoms with Gasteiger partial charge in [0.2, 0.25) is 0 Å². The Morgan fingerprint density at radius 2 is 2.06 bits per heavy atom. The van der Waals surface area contributed by atoms with E-state index in [1.165, 1.54) is 0 Å². The van der Waals surface area contributed by atoms with E-state index in [1.54, 1.807) is 17.5 Å². The third kappa shape index (κ3) is 1.66. The number of nitrogens with two attached hydrogens (primary N) is 1. The van der Waals surface area contributed by atoms with Crippen LogP contribution in [0.1, 0.15) is 5.56 Å². The topological polar surface area (TPSA) is 51.8 Å². The first-order valence-electron chi connectivity index (χ1n) is 5.33. The van der Waals surface area contributed by atoms with Crippen molar-refractivity contribution in [1.29, 1.82) is 0 Å². The Hall–Kier alpha value is -1.94. The maximum absolute atomic E-state index is 6.08. The molecule has 0 saturated heterocycles. The molecule has 17 heavy (non-hydrogen) atoms. The number of benzene rings is 1. The quantitative estimate of drug-likeness (QED) is 0.665. The number of fused-ring (bicyclic) bond motifs is 1. The molecule has 3 rings (SSSR count). The number of hydrogen-bond acceptors (Lipinski definition) is 4. The van der Waals surface area contributed by atoms with Crippen molar-refractivity contribution in [3.8, 4) is 10.6 Å². The molecule has 0 bridgehead atoms. The van der Waals surface area contributed by atoms with E-state index in [9.17, 15) is 0 Å². The number of aromatic nitrogens is 2. The molecule has 0 unspecified atom stereocenters. The number of nitrogens with zero attached hydrogens (tertiary/aromatic N) is 2. The smallest absolute Gasteiger partial charge is 0.143 e. The van der Waals surface area contributed by atoms with E-state index in [0.29, 0.717) is 0 Å². The number of para-hydroxylation sites is 1. The van der Waals surface area contributed by atoms with Gasteiger partial charge in [-0.25, -0.2) is 9.97 Å². The highest BCUT2D eigenvalue weighted by Crippen LogP contribution is 2.33. The van der Waals surface area contributed by atoms with E-state index in [4.69, 9.17) is 5.73 Å². The van der Waals surface area contributed by atoms with Gasteiger partial charge in [-0.1, -0.05) is 23.5 Å². The van der Waals surface area contributed by atoms with Crippen molar-refractivity contribution in [2.75, 3.05) is 5.73 Å². The largest absolute Gasteiger partial charge is 0.398 e. The van der Waals surface area contributed by atoms with Crippen LogP contribution in [0.2, 0.25) is 0 Å². The minimum atomic E-state index is 0.798. The number of rotatable bonds is 1. The summed E-state index contributed by atoms with van der Waals surface area (Å²) in [5.74, 6) is 0. The van der Waals surface area contributed by atoms with Gasteiger partial charge in [-0.05, 0) is 30.7 Å². The van der Waals surface area contributed by atoms with Crippen molar-refractivity contribution in [2.45, 2.75) is 6.92 Å². The standard InChI is InChI=1S/C13H11N3S/c1-8-4-2-5-9(11(8)14)12-16-10-6-3-7-15-13(10)17-12/h2-7H,14H2,1H3. The Bertz CT molecular complexity index is 655. The van der Waals surface area contributed by atoms with Crippen LogP contribution < -0.4 is 5.73 Å². The van der Waals surface area contributed by atoms with E-state index in [0.717, 1.165) is 32.2 Å². The van der Waals surface area contributed by atoms with Crippen LogP contribution in [0.4, 0.5) is 5.69 Å². The molecular weight excluding hydrogens is 230 g/mol. The zero-order chi connectivity index (χ0) is 11.8. The van der Waals surface area contributed by atoms with Crippen LogP contribution in [0, 0.1) is 6.92 Å². The molecule has 2 N–H and O–H groups in total. The van der Waals surface area contributed by atoms with Crippen LogP contribution in [0.5, 0.6) is 0 Å². The third-order valence-electron chi connectivity index (χ3n) is 2.72. The Kier molecular flexibility index (Phi) is 2.30. The molecule has 0 aliphatic rings. The monoisotopic (exact) mass is 241 g/mol. The number of thiazole rings is 1. The van der Waals surface area contributed by atoms with Gasteiger partial charge in [0.05, 0.1) is 0 Å². The molecule has 0 radical (unpaired) electrons. The first-order valence-corrected chi connectivity index (χ1v) is 6.14. The predicted octanol–water partition coefficient (Wildman–Crippen LogP) is 3.25. The fourth-order valence-electron chi connectivity index (χ4n) is 1.75. The highest BCUT2D eigenvalue weighted by atomic mass is 32.1. The first kappa shape index (κ1) is 10.2. The maximum Gasteiger partial charge on any atom is 0.143 e. The van der Waals surface area contributed by atoms with E-state index in [1.807, 2.05) is 37.3 Å². The van der Waals surface area contributed by atoms with Crippen LogP contribution >= 0.6 is 11.3 Å². The molecule has 3 nitrogen and oxygen atoms in total. The van der Waals surface area contributed by atoms with Gasteiger partial charge in [-0.3, -0.25) is 0 Å². The van der Waals surface area contributed by atoms with E-state index in [-0.39, 0.29) is 0 Å². The Labute approximate surface area is 103 Å². The van der Waals surface area contributed by atoms with Gasteiger partial charge in [0.25, 0.3) is 0 Å². The normalized spacial score (nSPS) is 10.9. The third-order valence-corrected chi connectivity index (χ3v) is 3.73. The van der Waals surface area contributed by atoms with E-state index >= 15 is 0 Å². The Morgan fingerprint density at radius 1 is 1.18 bits per heavy atom. The number of anilines is 1. The predicted molar refractivity (Wildman–Crippen MR) is 72.0 cm³/mol. The van der Waals surface area contributed by atoms with E-state index in [2.05, 4.69) is 9.97 Å². The van der Waals surface area contributed by atoms with E-state index < -0.39 is 0 Å². The Balaban J connectivity index is 2.24. The summed E-state index contributed by atoms with van der Waals surface area (Å²) in [6.07, 6.45) is 1.78. The summed E-state index contributed by atoms with van der Waals surface area (Å²) >= 11 is 1.57. The van der Waals surface area contributed by atoms with Crippen LogP contribution in [0.3, 0.4) is 0 Å². The molecule has 4 heteroatoms. The summed E-state index contributed by atoms with van der Waals surface area (Å²) < 4.78 is 0. The second-order valence-corrected chi connectivity index (χ2v) is 4.86. The highest BCUT2D eigenvalue weighted by Gasteiger charge is 2.10. The lowest BCUT2D eigenvalue weighted by Gasteiger charge is -2.04. The van der Waals surface area contributed by atoms with Crippen molar-refractivity contribution < 1.29 is 0 Å². The molecule has 0 atom stereocenters. The minimum absolute atomic E-state index is 0.798. The lowest BCUT2D eigenvalue weighted by Crippen LogP contribution is -1.92. The summed E-state index contributed by atoms with van der Waals surface area (Å²) in [6.45, 7) is 2.00. The second-order valence-electron chi connectivity index (χ2n) is 3.88. The molecule has 1 aromatic carbocycles. The summed E-state index contributed by atoms with van der Waals surface area (Å²) in [6, 6.07) is 9.87. The lowest BCUT2D eigenvalue weighted by atomic mass is 10.1. The van der Waals surface area contributed by atoms with Gasteiger partial charge < -0.3 is 5.73 Å². The van der Waals surface area contributed by atoms with Crippen molar-refractivity contribution in [3.63, 3.8) is 0 Å². The molecule has 0 aliphatic carbocycles. The second kappa shape index (κ2) is 3.82. The minimum Gasteiger partial charge on any atom is -0.398 e. The van der Waals surface area contributed by atoms with Gasteiger partial charge in [-0.2, -0.15) is 0 Å². The van der Waals surface area contributed by atoms with Crippen molar-refractivity contribution in [3.05, 3.63) is 42.1 Å². The number of hydrogen-bond donors (Lipinski definition) is 1. The average Bonchev–Trinajstić information content (AvgIpc) is 2.76. The molecule has 2 heterocycles. The number of pyridine rings is 1. The van der Waals surface area contributed by atoms with Crippen LogP contribution in [-0.2, 0) is 0 Å². The zero-order valence-corrected chi connectivity index (χ0v) is 10.2. The maximum atomic E-state index is 6.08. The summed E-state index contributed by atoms with van der Waals surface area (Å²) in [5.41, 5.74) is 9.88. The molecule has 0 amide bonds. The lowest BCUT2D eigenvalue weighted by molar-refractivity contribution is 1.40. The van der Waals surface area contributed by atoms with Crippen molar-refractivity contribution >= 4 is 27.4 Å². The van der Waals surface area contributed by atoms with Gasteiger partial charge in [0, 0.05) is 17.4 Å². The fourth-order valence-corrected chi connectivity index (χ4v) is 2.70. The zero-order valence-electron chi connectivity index (χ0n) is 9.34. The summed E-state index contributed by atoms with van der Waals surface area (Å²) in [7, 11) is 0. The SMILES string of the molecule is Cc1cccc(-c2nc3cccnc3s2)c1N. The Morgan fingerprint density at radius 3 is 2.88 bits per heavy atom. The number of nitrogen functional groups attached to an aromatic ring is 1. The van der Waals surface area contributed by atoms with Gasteiger partial charge >= 0.3 is 0 Å². The van der Waals surface area contributed by atoms with Gasteiger partial charge in [-0.15, -0.1) is 0 Å². The molecule has 0 spiro atoms. The van der Waals surface area contributed by atoms with Crippen molar-refractivity contribution in [1.82, 2.24) is 9.97 Å². The fraction of sp³-hybridized carbons (Fsp3) is 0.0769. The van der Waals surface area contributed by atoms with Gasteiger partial charge in [0.1, 0.15) is 15.4 Å². The van der Waals surface area contributed by atoms with Gasteiger partial charge in [0.15, 0.2) is 0 Å². The molecular formula is C13H11N3S. The number of aryl methyl sites for hydroxylation is 1. The average molecular weight is 241 g/mol. The molecule has 0 aliphatic heterocycles. The van der Waals surface area contributed by atoms with Crippen LogP contribution in [0.15, 0.2) is 36.5 Å². The molecule has 84 valence electrons. The summed E-state index contributed by atoms with van der Waals surface area (Å²) in [4.78, 5) is 9.80. The van der Waals surface area contributed by atoms with Crippen LogP contribution in [0.25, 0.3) is 20.9 Å². The molecule has 0 fully saturated rings. The van der Waals surface area contributed by atoms with Crippen LogP contribution in [-0.4, -0.2) is 9.97 Å². The highest BCUT2D eigenvalue weighted by molar-refractivity contribution is 7.21. The molecule has 2 aromatic heterocycles. The molecule has 0 saturated carbocycles. The molecule has 3 aromatic rings. The summed E-state index contributed by atoms with van der Waals surface area (Å²) in [5, 5.41) is 0.930.